The zero-order chi connectivity index (χ0) is 34.6. The zero-order valence-corrected chi connectivity index (χ0v) is 27.8. The van der Waals surface area contributed by atoms with E-state index >= 15 is 0 Å². The van der Waals surface area contributed by atoms with Crippen molar-refractivity contribution in [1.82, 2.24) is 24.1 Å². The van der Waals surface area contributed by atoms with Crippen LogP contribution in [-0.4, -0.2) is 24.1 Å². The minimum Gasteiger partial charge on any atom is -0.309 e. The highest BCUT2D eigenvalue weighted by atomic mass is 15.0. The van der Waals surface area contributed by atoms with Crippen LogP contribution in [0.1, 0.15) is 5.56 Å². The maximum absolute atomic E-state index is 10.6. The Kier molecular flexibility index (Phi) is 6.76. The first-order chi connectivity index (χ1) is 25.8. The summed E-state index contributed by atoms with van der Waals surface area (Å²) in [7, 11) is 0. The van der Waals surface area contributed by atoms with Crippen molar-refractivity contribution in [3.05, 3.63) is 175 Å². The maximum atomic E-state index is 10.6. The molecular formula is C46H28N6. The highest BCUT2D eigenvalue weighted by molar-refractivity contribution is 6.26. The number of para-hydroxylation sites is 3. The fourth-order valence-electron chi connectivity index (χ4n) is 7.50. The summed E-state index contributed by atoms with van der Waals surface area (Å²) in [5.41, 5.74) is 9.29. The molecule has 0 bridgehead atoms. The number of nitrogens with zero attached hydrogens (tertiary/aromatic N) is 6. The van der Waals surface area contributed by atoms with Gasteiger partial charge in [0, 0.05) is 43.9 Å². The van der Waals surface area contributed by atoms with Gasteiger partial charge in [-0.05, 0) is 48.5 Å². The molecule has 0 atom stereocenters. The molecule has 0 amide bonds. The van der Waals surface area contributed by atoms with E-state index < -0.39 is 0 Å². The van der Waals surface area contributed by atoms with Crippen molar-refractivity contribution < 1.29 is 0 Å². The molecule has 10 aromatic rings. The van der Waals surface area contributed by atoms with E-state index in [9.17, 15) is 5.26 Å². The van der Waals surface area contributed by atoms with Gasteiger partial charge in [-0.25, -0.2) is 15.0 Å². The monoisotopic (exact) mass is 664 g/mol. The second-order valence-corrected chi connectivity index (χ2v) is 12.8. The molecular weight excluding hydrogens is 637 g/mol. The first-order valence-electron chi connectivity index (χ1n) is 17.2. The second kappa shape index (κ2) is 11.9. The van der Waals surface area contributed by atoms with Crippen LogP contribution in [0.4, 0.5) is 0 Å². The van der Waals surface area contributed by atoms with Gasteiger partial charge in [0.25, 0.3) is 0 Å². The van der Waals surface area contributed by atoms with Crippen LogP contribution < -0.4 is 0 Å². The Morgan fingerprint density at radius 1 is 0.423 bits per heavy atom. The summed E-state index contributed by atoms with van der Waals surface area (Å²) in [4.78, 5) is 14.9. The highest BCUT2D eigenvalue weighted by Crippen LogP contribution is 2.42. The van der Waals surface area contributed by atoms with Crippen molar-refractivity contribution in [1.29, 1.82) is 5.26 Å². The van der Waals surface area contributed by atoms with Crippen LogP contribution in [0.15, 0.2) is 170 Å². The molecule has 3 heterocycles. The number of nitriles is 1. The molecule has 0 radical (unpaired) electrons. The largest absolute Gasteiger partial charge is 0.309 e. The molecule has 0 saturated heterocycles. The van der Waals surface area contributed by atoms with Crippen LogP contribution in [0.25, 0.3) is 89.2 Å². The van der Waals surface area contributed by atoms with Crippen LogP contribution >= 0.6 is 0 Å². The van der Waals surface area contributed by atoms with Gasteiger partial charge in [0.15, 0.2) is 17.5 Å². The molecule has 0 aliphatic rings. The van der Waals surface area contributed by atoms with E-state index in [1.54, 1.807) is 0 Å². The van der Waals surface area contributed by atoms with Crippen molar-refractivity contribution in [2.24, 2.45) is 0 Å². The molecule has 7 aromatic carbocycles. The summed E-state index contributed by atoms with van der Waals surface area (Å²) >= 11 is 0. The van der Waals surface area contributed by atoms with Gasteiger partial charge in [-0.3, -0.25) is 0 Å². The number of fused-ring (bicyclic) bond motifs is 7. The predicted octanol–water partition coefficient (Wildman–Crippen LogP) is 10.9. The summed E-state index contributed by atoms with van der Waals surface area (Å²) < 4.78 is 4.59. The van der Waals surface area contributed by atoms with Gasteiger partial charge in [-0.15, -0.1) is 0 Å². The average Bonchev–Trinajstić information content (AvgIpc) is 3.74. The molecule has 3 aromatic heterocycles. The molecule has 0 N–H and O–H groups in total. The number of rotatable bonds is 5. The van der Waals surface area contributed by atoms with Crippen LogP contribution in [0.2, 0.25) is 0 Å². The topological polar surface area (TPSA) is 72.3 Å². The van der Waals surface area contributed by atoms with Gasteiger partial charge in [-0.2, -0.15) is 5.26 Å². The Morgan fingerprint density at radius 2 is 0.962 bits per heavy atom. The molecule has 52 heavy (non-hydrogen) atoms. The Labute approximate surface area is 299 Å². The summed E-state index contributed by atoms with van der Waals surface area (Å²) in [6, 6.07) is 60.2. The van der Waals surface area contributed by atoms with Gasteiger partial charge in [-0.1, -0.05) is 121 Å². The Hall–Kier alpha value is -7.36. The van der Waals surface area contributed by atoms with Gasteiger partial charge < -0.3 is 9.13 Å². The zero-order valence-electron chi connectivity index (χ0n) is 27.8. The first-order valence-corrected chi connectivity index (χ1v) is 17.2. The van der Waals surface area contributed by atoms with E-state index in [1.165, 1.54) is 10.8 Å². The first kappa shape index (κ1) is 29.5. The SMILES string of the molecule is N#Cc1ccc(-c2nc(-c3ccccc3)nc(-c3ccccc3)n2)cc1-n1c2ccccc2c2c1ccc1c3ccccc3n(-c3ccccc3)c12. The average molecular weight is 665 g/mol. The summed E-state index contributed by atoms with van der Waals surface area (Å²) in [5.74, 6) is 1.71. The Bertz CT molecular complexity index is 2950. The molecule has 242 valence electrons. The standard InChI is InChI=1S/C46H28N6/c47-29-33-25-24-32(46-49-44(30-14-4-1-5-15-30)48-45(50-46)31-16-6-2-7-17-31)28-41(33)52-39-23-13-11-21-37(39)42-40(52)27-26-36-35-20-10-12-22-38(35)51(43(36)42)34-18-8-3-9-19-34/h1-28H. The number of hydrogen-bond acceptors (Lipinski definition) is 4. The van der Waals surface area contributed by atoms with E-state index in [0.29, 0.717) is 23.0 Å². The van der Waals surface area contributed by atoms with Crippen LogP contribution in [0.5, 0.6) is 0 Å². The molecule has 6 nitrogen and oxygen atoms in total. The van der Waals surface area contributed by atoms with Gasteiger partial charge in [0.2, 0.25) is 0 Å². The lowest BCUT2D eigenvalue weighted by Gasteiger charge is -2.13. The lowest BCUT2D eigenvalue weighted by atomic mass is 10.1. The molecule has 0 fully saturated rings. The fraction of sp³-hybridized carbons (Fsp3) is 0. The van der Waals surface area contributed by atoms with Crippen molar-refractivity contribution in [2.75, 3.05) is 0 Å². The fourth-order valence-corrected chi connectivity index (χ4v) is 7.50. The minimum atomic E-state index is 0.533. The normalized spacial score (nSPS) is 11.4. The summed E-state index contributed by atoms with van der Waals surface area (Å²) in [6.07, 6.45) is 0. The third-order valence-corrected chi connectivity index (χ3v) is 9.80. The highest BCUT2D eigenvalue weighted by Gasteiger charge is 2.22. The maximum Gasteiger partial charge on any atom is 0.164 e. The molecule has 0 saturated carbocycles. The minimum absolute atomic E-state index is 0.533. The van der Waals surface area contributed by atoms with Gasteiger partial charge in [0.05, 0.1) is 33.3 Å². The van der Waals surface area contributed by atoms with Crippen molar-refractivity contribution in [3.8, 4) is 51.6 Å². The third-order valence-electron chi connectivity index (χ3n) is 9.80. The van der Waals surface area contributed by atoms with E-state index in [2.05, 4.69) is 100 Å². The van der Waals surface area contributed by atoms with Crippen molar-refractivity contribution in [2.45, 2.75) is 0 Å². The van der Waals surface area contributed by atoms with E-state index in [4.69, 9.17) is 15.0 Å². The smallest absolute Gasteiger partial charge is 0.164 e. The molecule has 0 unspecified atom stereocenters. The van der Waals surface area contributed by atoms with E-state index in [-0.39, 0.29) is 0 Å². The lowest BCUT2D eigenvalue weighted by molar-refractivity contribution is 1.07. The van der Waals surface area contributed by atoms with Crippen molar-refractivity contribution >= 4 is 43.6 Å². The van der Waals surface area contributed by atoms with Crippen LogP contribution in [-0.2, 0) is 0 Å². The Balaban J connectivity index is 1.27. The third kappa shape index (κ3) is 4.61. The second-order valence-electron chi connectivity index (χ2n) is 12.8. The predicted molar refractivity (Wildman–Crippen MR) is 210 cm³/mol. The lowest BCUT2D eigenvalue weighted by Crippen LogP contribution is -2.02. The van der Waals surface area contributed by atoms with Gasteiger partial charge >= 0.3 is 0 Å². The van der Waals surface area contributed by atoms with Crippen molar-refractivity contribution in [3.63, 3.8) is 0 Å². The molecule has 0 aliphatic carbocycles. The molecule has 0 spiro atoms. The number of hydrogen-bond donors (Lipinski definition) is 0. The van der Waals surface area contributed by atoms with Crippen LogP contribution in [0.3, 0.4) is 0 Å². The van der Waals surface area contributed by atoms with E-state index in [1.807, 2.05) is 84.9 Å². The van der Waals surface area contributed by atoms with Crippen LogP contribution in [0, 0.1) is 11.3 Å². The molecule has 6 heteroatoms. The van der Waals surface area contributed by atoms with E-state index in [0.717, 1.165) is 60.9 Å². The Morgan fingerprint density at radius 3 is 1.60 bits per heavy atom. The summed E-state index contributed by atoms with van der Waals surface area (Å²) in [6.45, 7) is 0. The molecule has 0 aliphatic heterocycles. The number of benzene rings is 7. The molecule has 10 rings (SSSR count). The quantitative estimate of drug-likeness (QED) is 0.184. The number of aromatic nitrogens is 5. The summed E-state index contributed by atoms with van der Waals surface area (Å²) in [5, 5.41) is 15.2. The van der Waals surface area contributed by atoms with Gasteiger partial charge in [0.1, 0.15) is 6.07 Å².